The molecule has 0 aliphatic rings. The molecule has 0 saturated carbocycles. The molecule has 0 aliphatic heterocycles. The van der Waals surface area contributed by atoms with Crippen LogP contribution in [0.1, 0.15) is 12.6 Å². The fourth-order valence-electron chi connectivity index (χ4n) is 1.47. The molecule has 2 aromatic rings. The normalized spacial score (nSPS) is 10.3. The van der Waals surface area contributed by atoms with Gasteiger partial charge in [0.1, 0.15) is 0 Å². The summed E-state index contributed by atoms with van der Waals surface area (Å²) in [6.07, 6.45) is 5.58. The third-order valence-corrected chi connectivity index (χ3v) is 2.09. The number of hydrogen-bond donors (Lipinski definition) is 1. The summed E-state index contributed by atoms with van der Waals surface area (Å²) in [5.41, 5.74) is 2.02. The van der Waals surface area contributed by atoms with Crippen molar-refractivity contribution in [1.29, 1.82) is 0 Å². The van der Waals surface area contributed by atoms with Crippen molar-refractivity contribution in [2.45, 2.75) is 13.8 Å². The minimum Gasteiger partial charge on any atom is -0.356 e. The molecule has 4 heteroatoms. The van der Waals surface area contributed by atoms with Crippen LogP contribution in [0, 0.1) is 6.92 Å². The molecule has 2 aromatic heterocycles. The highest BCUT2D eigenvalue weighted by atomic mass is 15.2. The van der Waals surface area contributed by atoms with Crippen molar-refractivity contribution in [3.05, 3.63) is 36.4 Å². The van der Waals surface area contributed by atoms with Crippen LogP contribution < -0.4 is 5.32 Å². The van der Waals surface area contributed by atoms with Crippen LogP contribution in [0.3, 0.4) is 0 Å². The highest BCUT2D eigenvalue weighted by Gasteiger charge is 2.05. The molecule has 2 rings (SSSR count). The summed E-state index contributed by atoms with van der Waals surface area (Å²) in [5, 5.41) is 3.22. The summed E-state index contributed by atoms with van der Waals surface area (Å²) in [5.74, 6) is 0.864. The van der Waals surface area contributed by atoms with E-state index in [1.54, 1.807) is 6.20 Å². The van der Waals surface area contributed by atoms with Crippen LogP contribution >= 0.6 is 0 Å². The molecule has 0 fully saturated rings. The molecular weight excluding hydrogens is 188 g/mol. The van der Waals surface area contributed by atoms with Crippen molar-refractivity contribution >= 4 is 5.95 Å². The quantitative estimate of drug-likeness (QED) is 0.827. The van der Waals surface area contributed by atoms with Crippen LogP contribution in [0.25, 0.3) is 5.69 Å². The lowest BCUT2D eigenvalue weighted by Crippen LogP contribution is -2.04. The zero-order valence-electron chi connectivity index (χ0n) is 8.94. The first-order valence-corrected chi connectivity index (χ1v) is 5.01. The molecule has 78 valence electrons. The lowest BCUT2D eigenvalue weighted by atomic mass is 10.4. The largest absolute Gasteiger partial charge is 0.356 e. The molecule has 15 heavy (non-hydrogen) atoms. The number of aryl methyl sites for hydroxylation is 1. The second-order valence-corrected chi connectivity index (χ2v) is 3.32. The standard InChI is InChI=1S/C11H14N4/c1-3-13-11-14-9(2)8-15(11)10-5-4-6-12-7-10/h4-8H,3H2,1-2H3,(H,13,14). The first kappa shape index (κ1) is 9.71. The topological polar surface area (TPSA) is 42.7 Å². The molecule has 2 heterocycles. The first-order valence-electron chi connectivity index (χ1n) is 5.01. The molecule has 0 saturated heterocycles. The Bertz CT molecular complexity index is 433. The minimum absolute atomic E-state index is 0.858. The zero-order valence-corrected chi connectivity index (χ0v) is 8.94. The molecule has 4 nitrogen and oxygen atoms in total. The van der Waals surface area contributed by atoms with Crippen molar-refractivity contribution in [3.8, 4) is 5.69 Å². The molecule has 0 atom stereocenters. The molecule has 0 amide bonds. The van der Waals surface area contributed by atoms with Gasteiger partial charge in [0.05, 0.1) is 17.6 Å². The van der Waals surface area contributed by atoms with E-state index in [4.69, 9.17) is 0 Å². The summed E-state index contributed by atoms with van der Waals surface area (Å²) < 4.78 is 2.01. The molecule has 0 bridgehead atoms. The fraction of sp³-hybridized carbons (Fsp3) is 0.273. The highest BCUT2D eigenvalue weighted by Crippen LogP contribution is 2.14. The van der Waals surface area contributed by atoms with Crippen LogP contribution in [0.15, 0.2) is 30.7 Å². The van der Waals surface area contributed by atoms with Gasteiger partial charge in [0, 0.05) is 18.9 Å². The Morgan fingerprint density at radius 3 is 3.00 bits per heavy atom. The van der Waals surface area contributed by atoms with Crippen LogP contribution in [0.4, 0.5) is 5.95 Å². The maximum Gasteiger partial charge on any atom is 0.207 e. The fourth-order valence-corrected chi connectivity index (χ4v) is 1.47. The summed E-state index contributed by atoms with van der Waals surface area (Å²) in [7, 11) is 0. The van der Waals surface area contributed by atoms with Crippen LogP contribution in [0.2, 0.25) is 0 Å². The smallest absolute Gasteiger partial charge is 0.207 e. The van der Waals surface area contributed by atoms with E-state index in [9.17, 15) is 0 Å². The molecule has 0 spiro atoms. The SMILES string of the molecule is CCNc1nc(C)cn1-c1cccnc1. The number of pyridine rings is 1. The van der Waals surface area contributed by atoms with Gasteiger partial charge in [-0.25, -0.2) is 4.98 Å². The zero-order chi connectivity index (χ0) is 10.7. The van der Waals surface area contributed by atoms with E-state index in [1.165, 1.54) is 0 Å². The van der Waals surface area contributed by atoms with Gasteiger partial charge in [0.25, 0.3) is 0 Å². The molecule has 1 N–H and O–H groups in total. The number of nitrogens with zero attached hydrogens (tertiary/aromatic N) is 3. The predicted octanol–water partition coefficient (Wildman–Crippen LogP) is 2.01. The van der Waals surface area contributed by atoms with Gasteiger partial charge in [-0.1, -0.05) is 0 Å². The third kappa shape index (κ3) is 1.98. The van der Waals surface area contributed by atoms with E-state index in [-0.39, 0.29) is 0 Å². The number of rotatable bonds is 3. The van der Waals surface area contributed by atoms with Gasteiger partial charge in [-0.2, -0.15) is 0 Å². The monoisotopic (exact) mass is 202 g/mol. The van der Waals surface area contributed by atoms with E-state index in [0.29, 0.717) is 0 Å². The number of nitrogens with one attached hydrogen (secondary N) is 1. The van der Waals surface area contributed by atoms with Gasteiger partial charge in [0.15, 0.2) is 0 Å². The molecular formula is C11H14N4. The average Bonchev–Trinajstić information content (AvgIpc) is 2.62. The number of anilines is 1. The van der Waals surface area contributed by atoms with Crippen LogP contribution in [-0.4, -0.2) is 21.1 Å². The van der Waals surface area contributed by atoms with Crippen LogP contribution in [-0.2, 0) is 0 Å². The maximum atomic E-state index is 4.40. The Balaban J connectivity index is 2.43. The summed E-state index contributed by atoms with van der Waals surface area (Å²) in [6.45, 7) is 4.89. The molecule has 0 aliphatic carbocycles. The summed E-state index contributed by atoms with van der Waals surface area (Å²) in [4.78, 5) is 8.50. The highest BCUT2D eigenvalue weighted by molar-refractivity contribution is 5.41. The van der Waals surface area contributed by atoms with Gasteiger partial charge in [-0.3, -0.25) is 9.55 Å². The van der Waals surface area contributed by atoms with Crippen molar-refractivity contribution in [2.75, 3.05) is 11.9 Å². The lowest BCUT2D eigenvalue weighted by Gasteiger charge is -2.06. The Morgan fingerprint density at radius 2 is 2.33 bits per heavy atom. The molecule has 0 radical (unpaired) electrons. The van der Waals surface area contributed by atoms with Gasteiger partial charge in [-0.05, 0) is 26.0 Å². The Kier molecular flexibility index (Phi) is 2.67. The predicted molar refractivity (Wildman–Crippen MR) is 60.3 cm³/mol. The summed E-state index contributed by atoms with van der Waals surface area (Å²) in [6, 6.07) is 3.93. The first-order chi connectivity index (χ1) is 7.31. The minimum atomic E-state index is 0.858. The lowest BCUT2D eigenvalue weighted by molar-refractivity contribution is 1.01. The second kappa shape index (κ2) is 4.13. The number of aromatic nitrogens is 3. The van der Waals surface area contributed by atoms with Crippen molar-refractivity contribution in [2.24, 2.45) is 0 Å². The second-order valence-electron chi connectivity index (χ2n) is 3.32. The maximum absolute atomic E-state index is 4.40. The third-order valence-electron chi connectivity index (χ3n) is 2.09. The van der Waals surface area contributed by atoms with E-state index in [0.717, 1.165) is 23.9 Å². The number of imidazole rings is 1. The van der Waals surface area contributed by atoms with Crippen LogP contribution in [0.5, 0.6) is 0 Å². The van der Waals surface area contributed by atoms with E-state index in [1.807, 2.05) is 36.0 Å². The average molecular weight is 202 g/mol. The Morgan fingerprint density at radius 1 is 1.47 bits per heavy atom. The van der Waals surface area contributed by atoms with E-state index < -0.39 is 0 Å². The Hall–Kier alpha value is -1.84. The van der Waals surface area contributed by atoms with Gasteiger partial charge in [-0.15, -0.1) is 0 Å². The molecule has 0 aromatic carbocycles. The van der Waals surface area contributed by atoms with Gasteiger partial charge >= 0.3 is 0 Å². The van der Waals surface area contributed by atoms with Crippen molar-refractivity contribution in [3.63, 3.8) is 0 Å². The number of hydrogen-bond acceptors (Lipinski definition) is 3. The Labute approximate surface area is 89.0 Å². The van der Waals surface area contributed by atoms with Crippen molar-refractivity contribution in [1.82, 2.24) is 14.5 Å². The van der Waals surface area contributed by atoms with E-state index >= 15 is 0 Å². The van der Waals surface area contributed by atoms with E-state index in [2.05, 4.69) is 22.2 Å². The van der Waals surface area contributed by atoms with Crippen molar-refractivity contribution < 1.29 is 0 Å². The van der Waals surface area contributed by atoms with Gasteiger partial charge < -0.3 is 5.32 Å². The molecule has 0 unspecified atom stereocenters. The van der Waals surface area contributed by atoms with Gasteiger partial charge in [0.2, 0.25) is 5.95 Å². The summed E-state index contributed by atoms with van der Waals surface area (Å²) >= 11 is 0.